The fraction of sp³-hybridized carbons (Fsp3) is 1.00. The van der Waals surface area contributed by atoms with Crippen molar-refractivity contribution in [1.82, 2.24) is 10.2 Å². The summed E-state index contributed by atoms with van der Waals surface area (Å²) in [7, 11) is 4.15. The van der Waals surface area contributed by atoms with Crippen molar-refractivity contribution in [3.8, 4) is 0 Å². The van der Waals surface area contributed by atoms with Gasteiger partial charge in [0, 0.05) is 6.04 Å². The molecule has 13 heavy (non-hydrogen) atoms. The van der Waals surface area contributed by atoms with Crippen LogP contribution in [-0.4, -0.2) is 49.8 Å². The summed E-state index contributed by atoms with van der Waals surface area (Å²) in [4.78, 5) is 2.17. The Morgan fingerprint density at radius 3 is 2.31 bits per heavy atom. The van der Waals surface area contributed by atoms with Gasteiger partial charge in [-0.2, -0.15) is 0 Å². The summed E-state index contributed by atoms with van der Waals surface area (Å²) < 4.78 is 0. The van der Waals surface area contributed by atoms with E-state index in [1.54, 1.807) is 0 Å². The summed E-state index contributed by atoms with van der Waals surface area (Å²) >= 11 is 0. The first-order valence-corrected chi connectivity index (χ1v) is 5.07. The fourth-order valence-corrected chi connectivity index (χ4v) is 1.19. The van der Waals surface area contributed by atoms with Gasteiger partial charge in [0.05, 0.1) is 6.61 Å². The predicted octanol–water partition coefficient (Wildman–Crippen LogP) is 0.545. The van der Waals surface area contributed by atoms with E-state index < -0.39 is 0 Å². The fourth-order valence-electron chi connectivity index (χ4n) is 1.19. The zero-order valence-corrected chi connectivity index (χ0v) is 9.38. The normalized spacial score (nSPS) is 14.1. The second-order valence-corrected chi connectivity index (χ2v) is 4.14. The molecule has 0 aromatic carbocycles. The highest BCUT2D eigenvalue weighted by Gasteiger charge is 2.09. The lowest BCUT2D eigenvalue weighted by atomic mass is 10.1. The van der Waals surface area contributed by atoms with Gasteiger partial charge >= 0.3 is 0 Å². The van der Waals surface area contributed by atoms with Crippen molar-refractivity contribution in [2.45, 2.75) is 26.3 Å². The van der Waals surface area contributed by atoms with Crippen LogP contribution in [0.4, 0.5) is 0 Å². The van der Waals surface area contributed by atoms with Crippen molar-refractivity contribution < 1.29 is 5.11 Å². The van der Waals surface area contributed by atoms with Crippen LogP contribution in [0.5, 0.6) is 0 Å². The molecule has 0 heterocycles. The van der Waals surface area contributed by atoms with Gasteiger partial charge in [-0.1, -0.05) is 13.8 Å². The Morgan fingerprint density at radius 1 is 1.31 bits per heavy atom. The third kappa shape index (κ3) is 6.99. The number of aliphatic hydroxyl groups excluding tert-OH is 1. The Balaban J connectivity index is 3.39. The second kappa shape index (κ2) is 7.30. The summed E-state index contributed by atoms with van der Waals surface area (Å²) in [5, 5.41) is 12.4. The van der Waals surface area contributed by atoms with E-state index in [-0.39, 0.29) is 12.6 Å². The van der Waals surface area contributed by atoms with E-state index in [0.29, 0.717) is 5.92 Å². The summed E-state index contributed by atoms with van der Waals surface area (Å²) in [6.07, 6.45) is 1.14. The zero-order valence-electron chi connectivity index (χ0n) is 9.38. The van der Waals surface area contributed by atoms with Gasteiger partial charge in [0.25, 0.3) is 0 Å². The Kier molecular flexibility index (Phi) is 7.23. The first-order valence-electron chi connectivity index (χ1n) is 5.07. The summed E-state index contributed by atoms with van der Waals surface area (Å²) in [6.45, 7) is 6.57. The third-order valence-corrected chi connectivity index (χ3v) is 2.19. The van der Waals surface area contributed by atoms with Crippen LogP contribution in [0.2, 0.25) is 0 Å². The van der Waals surface area contributed by atoms with E-state index in [4.69, 9.17) is 5.11 Å². The minimum absolute atomic E-state index is 0.236. The van der Waals surface area contributed by atoms with Crippen molar-refractivity contribution in [3.05, 3.63) is 0 Å². The Hall–Kier alpha value is -0.120. The van der Waals surface area contributed by atoms with Gasteiger partial charge < -0.3 is 15.3 Å². The maximum atomic E-state index is 9.03. The molecule has 3 nitrogen and oxygen atoms in total. The molecule has 0 aromatic rings. The minimum atomic E-state index is 0.236. The van der Waals surface area contributed by atoms with E-state index in [1.807, 2.05) is 0 Å². The molecule has 0 fully saturated rings. The van der Waals surface area contributed by atoms with Crippen molar-refractivity contribution in [2.24, 2.45) is 5.92 Å². The van der Waals surface area contributed by atoms with Crippen LogP contribution in [0.25, 0.3) is 0 Å². The second-order valence-electron chi connectivity index (χ2n) is 4.14. The number of aliphatic hydroxyl groups is 1. The summed E-state index contributed by atoms with van der Waals surface area (Å²) in [5.74, 6) is 0.504. The van der Waals surface area contributed by atoms with Crippen LogP contribution in [0.1, 0.15) is 20.3 Å². The lowest BCUT2D eigenvalue weighted by Crippen LogP contribution is -2.38. The highest BCUT2D eigenvalue weighted by molar-refractivity contribution is 4.68. The summed E-state index contributed by atoms with van der Waals surface area (Å²) in [5.41, 5.74) is 0. The molecule has 0 radical (unpaired) electrons. The molecule has 2 N–H and O–H groups in total. The molecule has 80 valence electrons. The Labute approximate surface area is 82.1 Å². The van der Waals surface area contributed by atoms with Crippen molar-refractivity contribution >= 4 is 0 Å². The third-order valence-electron chi connectivity index (χ3n) is 2.19. The van der Waals surface area contributed by atoms with E-state index in [2.05, 4.69) is 38.2 Å². The number of hydrogen-bond acceptors (Lipinski definition) is 3. The molecule has 0 aliphatic rings. The zero-order chi connectivity index (χ0) is 10.3. The molecule has 3 heteroatoms. The maximum absolute atomic E-state index is 9.03. The first kappa shape index (κ1) is 12.9. The Morgan fingerprint density at radius 2 is 1.92 bits per heavy atom. The Bertz CT molecular complexity index is 115. The van der Waals surface area contributed by atoms with Gasteiger partial charge in [0.1, 0.15) is 0 Å². The molecule has 0 aliphatic carbocycles. The maximum Gasteiger partial charge on any atom is 0.0587 e. The highest BCUT2D eigenvalue weighted by atomic mass is 16.3. The van der Waals surface area contributed by atoms with Gasteiger partial charge in [-0.3, -0.25) is 0 Å². The molecule has 0 saturated heterocycles. The standard InChI is InChI=1S/C10H24N2O/c1-9(2)10(8-13)11-6-5-7-12(3)4/h9-11,13H,5-8H2,1-4H3/t10-/m1/s1. The average Bonchev–Trinajstić information content (AvgIpc) is 2.03. The van der Waals surface area contributed by atoms with Crippen LogP contribution in [-0.2, 0) is 0 Å². The topological polar surface area (TPSA) is 35.5 Å². The van der Waals surface area contributed by atoms with Crippen LogP contribution in [0.3, 0.4) is 0 Å². The monoisotopic (exact) mass is 188 g/mol. The van der Waals surface area contributed by atoms with E-state index in [1.165, 1.54) is 0 Å². The van der Waals surface area contributed by atoms with Gasteiger partial charge in [-0.15, -0.1) is 0 Å². The predicted molar refractivity (Wildman–Crippen MR) is 56.9 cm³/mol. The highest BCUT2D eigenvalue weighted by Crippen LogP contribution is 1.99. The number of rotatable bonds is 7. The average molecular weight is 188 g/mol. The lowest BCUT2D eigenvalue weighted by molar-refractivity contribution is 0.209. The van der Waals surface area contributed by atoms with E-state index in [0.717, 1.165) is 19.5 Å². The molecule has 0 aliphatic heterocycles. The van der Waals surface area contributed by atoms with E-state index in [9.17, 15) is 0 Å². The van der Waals surface area contributed by atoms with Gasteiger partial charge in [0.15, 0.2) is 0 Å². The molecule has 0 amide bonds. The van der Waals surface area contributed by atoms with Crippen LogP contribution in [0.15, 0.2) is 0 Å². The molecular formula is C10H24N2O. The molecule has 0 aromatic heterocycles. The molecule has 0 rings (SSSR count). The number of nitrogens with one attached hydrogen (secondary N) is 1. The molecular weight excluding hydrogens is 164 g/mol. The molecule has 0 saturated carbocycles. The number of nitrogens with zero attached hydrogens (tertiary/aromatic N) is 1. The first-order chi connectivity index (χ1) is 6.07. The largest absolute Gasteiger partial charge is 0.395 e. The quantitative estimate of drug-likeness (QED) is 0.573. The molecule has 0 bridgehead atoms. The minimum Gasteiger partial charge on any atom is -0.395 e. The smallest absolute Gasteiger partial charge is 0.0587 e. The molecule has 0 unspecified atom stereocenters. The van der Waals surface area contributed by atoms with Crippen LogP contribution < -0.4 is 5.32 Å². The van der Waals surface area contributed by atoms with Gasteiger partial charge in [-0.05, 0) is 39.5 Å². The van der Waals surface area contributed by atoms with Crippen molar-refractivity contribution in [1.29, 1.82) is 0 Å². The SMILES string of the molecule is CC(C)[C@@H](CO)NCCCN(C)C. The number of hydrogen-bond donors (Lipinski definition) is 2. The van der Waals surface area contributed by atoms with Crippen LogP contribution >= 0.6 is 0 Å². The van der Waals surface area contributed by atoms with Gasteiger partial charge in [0.2, 0.25) is 0 Å². The van der Waals surface area contributed by atoms with Crippen LogP contribution in [0, 0.1) is 5.92 Å². The lowest BCUT2D eigenvalue weighted by Gasteiger charge is -2.20. The van der Waals surface area contributed by atoms with Crippen molar-refractivity contribution in [2.75, 3.05) is 33.8 Å². The molecule has 0 spiro atoms. The van der Waals surface area contributed by atoms with Crippen molar-refractivity contribution in [3.63, 3.8) is 0 Å². The van der Waals surface area contributed by atoms with E-state index >= 15 is 0 Å². The summed E-state index contributed by atoms with van der Waals surface area (Å²) in [6, 6.07) is 0.252. The molecule has 1 atom stereocenters. The van der Waals surface area contributed by atoms with Gasteiger partial charge in [-0.25, -0.2) is 0 Å².